The summed E-state index contributed by atoms with van der Waals surface area (Å²) in [6.45, 7) is 2.41. The molecule has 3 aromatic rings. The van der Waals surface area contributed by atoms with E-state index in [9.17, 15) is 9.18 Å². The maximum absolute atomic E-state index is 13.4. The summed E-state index contributed by atoms with van der Waals surface area (Å²) in [7, 11) is 1.76. The number of halogens is 1. The van der Waals surface area contributed by atoms with Gasteiger partial charge in [-0.2, -0.15) is 0 Å². The zero-order chi connectivity index (χ0) is 17.1. The molecule has 0 saturated carbocycles. The van der Waals surface area contributed by atoms with E-state index in [-0.39, 0.29) is 11.7 Å². The van der Waals surface area contributed by atoms with Gasteiger partial charge in [0.05, 0.1) is 0 Å². The number of aryl methyl sites for hydroxylation is 1. The highest BCUT2D eigenvalue weighted by molar-refractivity contribution is 5.95. The van der Waals surface area contributed by atoms with Crippen LogP contribution >= 0.6 is 0 Å². The van der Waals surface area contributed by atoms with Crippen LogP contribution in [-0.4, -0.2) is 24.4 Å². The van der Waals surface area contributed by atoms with Gasteiger partial charge in [-0.1, -0.05) is 48.5 Å². The number of fused-ring (bicyclic) bond motifs is 1. The lowest BCUT2D eigenvalue weighted by Gasteiger charge is -2.19. The van der Waals surface area contributed by atoms with Gasteiger partial charge in [-0.3, -0.25) is 4.79 Å². The Morgan fingerprint density at radius 2 is 1.79 bits per heavy atom. The van der Waals surface area contributed by atoms with Gasteiger partial charge in [-0.05, 0) is 47.4 Å². The Kier molecular flexibility index (Phi) is 4.61. The maximum Gasteiger partial charge on any atom is 0.253 e. The van der Waals surface area contributed by atoms with Crippen molar-refractivity contribution >= 4 is 16.7 Å². The zero-order valence-electron chi connectivity index (χ0n) is 13.9. The van der Waals surface area contributed by atoms with Gasteiger partial charge in [0, 0.05) is 19.2 Å². The van der Waals surface area contributed by atoms with Crippen molar-refractivity contribution in [2.45, 2.75) is 13.3 Å². The normalized spacial score (nSPS) is 10.8. The standard InChI is InChI=1S/C21H20FNO/c1-15-10-11-18(22)14-20(15)21(24)23(2)13-12-17-8-5-7-16-6-3-4-9-19(16)17/h3-11,14H,12-13H2,1-2H3. The molecule has 0 aliphatic heterocycles. The topological polar surface area (TPSA) is 20.3 Å². The van der Waals surface area contributed by atoms with E-state index < -0.39 is 0 Å². The molecule has 3 heteroatoms. The van der Waals surface area contributed by atoms with E-state index in [1.54, 1.807) is 18.0 Å². The fourth-order valence-electron chi connectivity index (χ4n) is 2.93. The average molecular weight is 321 g/mol. The SMILES string of the molecule is Cc1ccc(F)cc1C(=O)N(C)CCc1cccc2ccccc12. The van der Waals surface area contributed by atoms with Crippen LogP contribution in [0.2, 0.25) is 0 Å². The summed E-state index contributed by atoms with van der Waals surface area (Å²) in [6, 6.07) is 18.8. The van der Waals surface area contributed by atoms with Crippen LogP contribution in [0, 0.1) is 12.7 Å². The number of hydrogen-bond donors (Lipinski definition) is 0. The lowest BCUT2D eigenvalue weighted by molar-refractivity contribution is 0.0795. The molecule has 1 amide bonds. The third-order valence-electron chi connectivity index (χ3n) is 4.37. The Balaban J connectivity index is 1.76. The Morgan fingerprint density at radius 1 is 1.04 bits per heavy atom. The summed E-state index contributed by atoms with van der Waals surface area (Å²) in [4.78, 5) is 14.2. The largest absolute Gasteiger partial charge is 0.341 e. The van der Waals surface area contributed by atoms with Crippen LogP contribution in [0.5, 0.6) is 0 Å². The molecular weight excluding hydrogens is 301 g/mol. The van der Waals surface area contributed by atoms with E-state index in [0.29, 0.717) is 12.1 Å². The van der Waals surface area contributed by atoms with Crippen molar-refractivity contribution in [2.75, 3.05) is 13.6 Å². The Bertz CT molecular complexity index is 883. The summed E-state index contributed by atoms with van der Waals surface area (Å²) in [6.07, 6.45) is 0.762. The first-order valence-corrected chi connectivity index (χ1v) is 8.04. The molecule has 0 bridgehead atoms. The molecule has 0 aromatic heterocycles. The lowest BCUT2D eigenvalue weighted by atomic mass is 10.0. The van der Waals surface area contributed by atoms with Crippen LogP contribution in [0.1, 0.15) is 21.5 Å². The molecule has 0 unspecified atom stereocenters. The molecule has 0 radical (unpaired) electrons. The van der Waals surface area contributed by atoms with Crippen LogP contribution < -0.4 is 0 Å². The molecular formula is C21H20FNO. The highest BCUT2D eigenvalue weighted by Crippen LogP contribution is 2.19. The number of rotatable bonds is 4. The number of amides is 1. The molecule has 3 aromatic carbocycles. The molecule has 0 heterocycles. The minimum absolute atomic E-state index is 0.146. The lowest BCUT2D eigenvalue weighted by Crippen LogP contribution is -2.29. The molecule has 0 spiro atoms. The van der Waals surface area contributed by atoms with Crippen LogP contribution in [-0.2, 0) is 6.42 Å². The first-order valence-electron chi connectivity index (χ1n) is 8.04. The Morgan fingerprint density at radius 3 is 2.62 bits per heavy atom. The Hall–Kier alpha value is -2.68. The van der Waals surface area contributed by atoms with Crippen molar-refractivity contribution in [1.82, 2.24) is 4.90 Å². The maximum atomic E-state index is 13.4. The first kappa shape index (κ1) is 16.2. The van der Waals surface area contributed by atoms with Crippen LogP contribution in [0.15, 0.2) is 60.7 Å². The van der Waals surface area contributed by atoms with E-state index in [2.05, 4.69) is 24.3 Å². The molecule has 0 saturated heterocycles. The third-order valence-corrected chi connectivity index (χ3v) is 4.37. The molecule has 3 rings (SSSR count). The van der Waals surface area contributed by atoms with Gasteiger partial charge in [0.2, 0.25) is 0 Å². The minimum Gasteiger partial charge on any atom is -0.341 e. The molecule has 0 aliphatic rings. The summed E-state index contributed by atoms with van der Waals surface area (Å²) < 4.78 is 13.4. The number of carbonyl (C=O) groups excluding carboxylic acids is 1. The predicted molar refractivity (Wildman–Crippen MR) is 95.7 cm³/mol. The van der Waals surface area contributed by atoms with Crippen molar-refractivity contribution in [3.63, 3.8) is 0 Å². The van der Waals surface area contributed by atoms with E-state index in [0.717, 1.165) is 12.0 Å². The number of hydrogen-bond acceptors (Lipinski definition) is 1. The molecule has 122 valence electrons. The highest BCUT2D eigenvalue weighted by Gasteiger charge is 2.15. The molecule has 0 aliphatic carbocycles. The second-order valence-corrected chi connectivity index (χ2v) is 6.07. The van der Waals surface area contributed by atoms with Crippen molar-refractivity contribution in [1.29, 1.82) is 0 Å². The predicted octanol–water partition coefficient (Wildman–Crippen LogP) is 4.60. The van der Waals surface area contributed by atoms with Gasteiger partial charge in [0.15, 0.2) is 0 Å². The van der Waals surface area contributed by atoms with Gasteiger partial charge in [-0.15, -0.1) is 0 Å². The van der Waals surface area contributed by atoms with E-state index in [1.807, 2.05) is 25.1 Å². The van der Waals surface area contributed by atoms with E-state index in [4.69, 9.17) is 0 Å². The number of likely N-dealkylation sites (N-methyl/N-ethyl adjacent to an activating group) is 1. The molecule has 2 nitrogen and oxygen atoms in total. The summed E-state index contributed by atoms with van der Waals surface area (Å²) in [5, 5.41) is 2.41. The van der Waals surface area contributed by atoms with Crippen molar-refractivity contribution in [2.24, 2.45) is 0 Å². The summed E-state index contributed by atoms with van der Waals surface area (Å²) >= 11 is 0. The fraction of sp³-hybridized carbons (Fsp3) is 0.190. The molecule has 0 N–H and O–H groups in total. The van der Waals surface area contributed by atoms with E-state index >= 15 is 0 Å². The van der Waals surface area contributed by atoms with Crippen LogP contribution in [0.4, 0.5) is 4.39 Å². The highest BCUT2D eigenvalue weighted by atomic mass is 19.1. The monoisotopic (exact) mass is 321 g/mol. The average Bonchev–Trinajstić information content (AvgIpc) is 2.61. The van der Waals surface area contributed by atoms with Crippen molar-refractivity contribution < 1.29 is 9.18 Å². The van der Waals surface area contributed by atoms with Gasteiger partial charge < -0.3 is 4.90 Å². The minimum atomic E-state index is -0.383. The van der Waals surface area contributed by atoms with E-state index in [1.165, 1.54) is 28.5 Å². The third kappa shape index (κ3) is 3.30. The number of nitrogens with zero attached hydrogens (tertiary/aromatic N) is 1. The summed E-state index contributed by atoms with van der Waals surface area (Å²) in [5.41, 5.74) is 2.43. The van der Waals surface area contributed by atoms with Gasteiger partial charge in [0.1, 0.15) is 5.82 Å². The zero-order valence-corrected chi connectivity index (χ0v) is 13.9. The molecule has 24 heavy (non-hydrogen) atoms. The smallest absolute Gasteiger partial charge is 0.253 e. The van der Waals surface area contributed by atoms with Crippen LogP contribution in [0.3, 0.4) is 0 Å². The van der Waals surface area contributed by atoms with Crippen molar-refractivity contribution in [3.8, 4) is 0 Å². The summed E-state index contributed by atoms with van der Waals surface area (Å²) in [5.74, 6) is -0.529. The van der Waals surface area contributed by atoms with Gasteiger partial charge in [-0.25, -0.2) is 4.39 Å². The van der Waals surface area contributed by atoms with Gasteiger partial charge in [0.25, 0.3) is 5.91 Å². The van der Waals surface area contributed by atoms with Crippen LogP contribution in [0.25, 0.3) is 10.8 Å². The number of carbonyl (C=O) groups is 1. The number of benzene rings is 3. The second-order valence-electron chi connectivity index (χ2n) is 6.07. The fourth-order valence-corrected chi connectivity index (χ4v) is 2.93. The molecule has 0 fully saturated rings. The Labute approximate surface area is 141 Å². The quantitative estimate of drug-likeness (QED) is 0.687. The second kappa shape index (κ2) is 6.83. The molecule has 0 atom stereocenters. The van der Waals surface area contributed by atoms with Gasteiger partial charge >= 0.3 is 0 Å². The van der Waals surface area contributed by atoms with Crippen molar-refractivity contribution in [3.05, 3.63) is 83.2 Å². The first-order chi connectivity index (χ1) is 11.6.